The van der Waals surface area contributed by atoms with Gasteiger partial charge < -0.3 is 0 Å². The van der Waals surface area contributed by atoms with E-state index in [0.717, 1.165) is 25.7 Å². The molecule has 0 heteroatoms. The summed E-state index contributed by atoms with van der Waals surface area (Å²) in [5.74, 6) is 0. The number of hydrogen-bond donors (Lipinski definition) is 0. The van der Waals surface area contributed by atoms with Crippen molar-refractivity contribution in [1.29, 1.82) is 0 Å². The zero-order chi connectivity index (χ0) is 46.5. The lowest BCUT2D eigenvalue weighted by Gasteiger charge is -2.54. The maximum absolute atomic E-state index is 2.67. The minimum atomic E-state index is -0.0928. The zero-order valence-corrected chi connectivity index (χ0v) is 45.3. The molecule has 0 aliphatic rings. The molecule has 0 saturated carbocycles. The molecule has 0 amide bonds. The Bertz CT molecular complexity index is 1560. The summed E-state index contributed by atoms with van der Waals surface area (Å²) in [6.07, 6.45) is 12.0. The van der Waals surface area contributed by atoms with Gasteiger partial charge in [0.25, 0.3) is 0 Å². The first-order valence-electron chi connectivity index (χ1n) is 23.4. The second kappa shape index (κ2) is 17.0. The van der Waals surface area contributed by atoms with Gasteiger partial charge in [0.2, 0.25) is 0 Å². The van der Waals surface area contributed by atoms with Gasteiger partial charge in [-0.2, -0.15) is 0 Å². The van der Waals surface area contributed by atoms with E-state index in [9.17, 15) is 0 Å². The van der Waals surface area contributed by atoms with Gasteiger partial charge in [0.15, 0.2) is 0 Å². The lowest BCUT2D eigenvalue weighted by atomic mass is 9.50. The Morgan fingerprint density at radius 3 is 0.793 bits per heavy atom. The molecular weight excluding hydrogens is 697 g/mol. The Labute approximate surface area is 366 Å². The van der Waals surface area contributed by atoms with Crippen LogP contribution in [-0.4, -0.2) is 0 Å². The lowest BCUT2D eigenvalue weighted by molar-refractivity contribution is 0.0322. The van der Waals surface area contributed by atoms with Crippen LogP contribution in [0.5, 0.6) is 0 Å². The van der Waals surface area contributed by atoms with Gasteiger partial charge in [-0.15, -0.1) is 0 Å². The van der Waals surface area contributed by atoms with E-state index in [1.165, 1.54) is 33.4 Å². The van der Waals surface area contributed by atoms with E-state index in [1.807, 2.05) is 0 Å². The predicted octanol–water partition coefficient (Wildman–Crippen LogP) is 19.2. The standard InChI is InChI=1S/C58H104/c1-31-58(30,40-52(18,19)49(12,13)37-43(6)7)57(28,29)46-33-44(55(24,25)53(20,21)38-50(14,15)47(8,9)35-41(2)3)32-45(34-46)56(26,27)54(22,23)39-51(16,17)48(10,11)36-42(4)5/h32-37H,31,38-40H2,1-30H3. The molecule has 58 heavy (non-hydrogen) atoms. The zero-order valence-electron chi connectivity index (χ0n) is 45.3. The number of hydrogen-bond acceptors (Lipinski definition) is 0. The minimum absolute atomic E-state index is 0.0176. The van der Waals surface area contributed by atoms with Crippen molar-refractivity contribution in [1.82, 2.24) is 0 Å². The van der Waals surface area contributed by atoms with Crippen molar-refractivity contribution in [2.24, 2.45) is 48.7 Å². The lowest BCUT2D eigenvalue weighted by Crippen LogP contribution is -2.47. The van der Waals surface area contributed by atoms with Crippen LogP contribution < -0.4 is 0 Å². The summed E-state index contributed by atoms with van der Waals surface area (Å²) in [5.41, 5.74) is 9.02. The van der Waals surface area contributed by atoms with E-state index >= 15 is 0 Å². The molecule has 0 aliphatic heterocycles. The minimum Gasteiger partial charge on any atom is -0.0799 e. The number of allylic oxidation sites excluding steroid dienone is 6. The van der Waals surface area contributed by atoms with Gasteiger partial charge in [0.1, 0.15) is 0 Å². The quantitative estimate of drug-likeness (QED) is 0.122. The fourth-order valence-electron chi connectivity index (χ4n) is 10.7. The fraction of sp³-hybridized carbons (Fsp3) is 0.793. The van der Waals surface area contributed by atoms with Crippen molar-refractivity contribution in [3.8, 4) is 0 Å². The third-order valence-corrected chi connectivity index (χ3v) is 18.6. The average molecular weight is 801 g/mol. The van der Waals surface area contributed by atoms with Crippen LogP contribution in [0.25, 0.3) is 0 Å². The molecule has 0 saturated heterocycles. The molecule has 0 aromatic heterocycles. The van der Waals surface area contributed by atoms with Gasteiger partial charge >= 0.3 is 0 Å². The molecule has 1 aromatic carbocycles. The SMILES string of the molecule is CCC(C)(CC(C)(C)C(C)(C)C=C(C)C)C(C)(C)c1cc(C(C)(C)C(C)(C)CC(C)(C)C(C)(C)C=C(C)C)cc(C(C)(C)C(C)(C)CC(C)(C)C(C)(C)C=C(C)C)c1. The first-order valence-corrected chi connectivity index (χ1v) is 23.4. The molecule has 0 heterocycles. The van der Waals surface area contributed by atoms with E-state index in [1.54, 1.807) is 0 Å². The van der Waals surface area contributed by atoms with E-state index in [2.05, 4.69) is 244 Å². The Kier molecular flexibility index (Phi) is 15.9. The van der Waals surface area contributed by atoms with Gasteiger partial charge in [0, 0.05) is 0 Å². The molecule has 0 fully saturated rings. The summed E-state index contributed by atoms with van der Waals surface area (Å²) in [6.45, 7) is 73.9. The first kappa shape index (κ1) is 54.5. The molecular formula is C58H104. The van der Waals surface area contributed by atoms with Gasteiger partial charge in [-0.1, -0.05) is 219 Å². The Balaban J connectivity index is 4.37. The molecule has 0 spiro atoms. The van der Waals surface area contributed by atoms with E-state index in [0.29, 0.717) is 0 Å². The summed E-state index contributed by atoms with van der Waals surface area (Å²) in [6, 6.07) is 8.01. The Morgan fingerprint density at radius 1 is 0.345 bits per heavy atom. The van der Waals surface area contributed by atoms with Crippen molar-refractivity contribution in [3.05, 3.63) is 69.8 Å². The molecule has 1 aromatic rings. The number of benzene rings is 1. The van der Waals surface area contributed by atoms with Crippen LogP contribution in [0.1, 0.15) is 250 Å². The highest BCUT2D eigenvalue weighted by molar-refractivity contribution is 5.44. The van der Waals surface area contributed by atoms with Crippen molar-refractivity contribution in [2.75, 3.05) is 0 Å². The maximum Gasteiger partial charge on any atom is -0.00495 e. The van der Waals surface area contributed by atoms with Crippen LogP contribution >= 0.6 is 0 Å². The van der Waals surface area contributed by atoms with Crippen molar-refractivity contribution in [2.45, 2.75) is 250 Å². The third kappa shape index (κ3) is 11.1. The average Bonchev–Trinajstić information content (AvgIpc) is 2.97. The smallest absolute Gasteiger partial charge is 0.00495 e. The first-order chi connectivity index (χ1) is 25.2. The largest absolute Gasteiger partial charge is 0.0799 e. The van der Waals surface area contributed by atoms with E-state index < -0.39 is 0 Å². The van der Waals surface area contributed by atoms with Crippen molar-refractivity contribution >= 4 is 0 Å². The van der Waals surface area contributed by atoms with E-state index in [4.69, 9.17) is 0 Å². The topological polar surface area (TPSA) is 0 Å². The van der Waals surface area contributed by atoms with Crippen LogP contribution in [0.15, 0.2) is 53.1 Å². The Morgan fingerprint density at radius 2 is 0.569 bits per heavy atom. The summed E-state index contributed by atoms with van der Waals surface area (Å²) in [4.78, 5) is 0. The highest BCUT2D eigenvalue weighted by Gasteiger charge is 2.52. The summed E-state index contributed by atoms with van der Waals surface area (Å²) in [7, 11) is 0. The van der Waals surface area contributed by atoms with Crippen LogP contribution in [0.4, 0.5) is 0 Å². The van der Waals surface area contributed by atoms with Gasteiger partial charge in [-0.3, -0.25) is 0 Å². The highest BCUT2D eigenvalue weighted by atomic mass is 14.6. The van der Waals surface area contributed by atoms with Gasteiger partial charge in [0.05, 0.1) is 0 Å². The van der Waals surface area contributed by atoms with Crippen LogP contribution in [0, 0.1) is 48.7 Å². The molecule has 1 atom stereocenters. The maximum atomic E-state index is 2.67. The predicted molar refractivity (Wildman–Crippen MR) is 266 cm³/mol. The second-order valence-electron chi connectivity index (χ2n) is 27.4. The molecule has 1 rings (SSSR count). The van der Waals surface area contributed by atoms with Crippen molar-refractivity contribution < 1.29 is 0 Å². The normalized spacial score (nSPS) is 15.8. The molecule has 0 bridgehead atoms. The van der Waals surface area contributed by atoms with Crippen LogP contribution in [0.2, 0.25) is 0 Å². The molecule has 1 unspecified atom stereocenters. The van der Waals surface area contributed by atoms with Gasteiger partial charge in [-0.05, 0) is 149 Å². The van der Waals surface area contributed by atoms with E-state index in [-0.39, 0.29) is 65.0 Å². The van der Waals surface area contributed by atoms with Crippen molar-refractivity contribution in [3.63, 3.8) is 0 Å². The molecule has 0 aliphatic carbocycles. The summed E-state index contributed by atoms with van der Waals surface area (Å²) < 4.78 is 0. The molecule has 0 nitrogen and oxygen atoms in total. The molecule has 0 N–H and O–H groups in total. The van der Waals surface area contributed by atoms with Gasteiger partial charge in [-0.25, -0.2) is 0 Å². The van der Waals surface area contributed by atoms with Crippen LogP contribution in [0.3, 0.4) is 0 Å². The highest BCUT2D eigenvalue weighted by Crippen LogP contribution is 2.60. The van der Waals surface area contributed by atoms with Crippen LogP contribution in [-0.2, 0) is 16.2 Å². The second-order valence-corrected chi connectivity index (χ2v) is 27.4. The Hall–Kier alpha value is -1.56. The number of rotatable bonds is 19. The summed E-state index contributed by atoms with van der Waals surface area (Å²) >= 11 is 0. The summed E-state index contributed by atoms with van der Waals surface area (Å²) in [5, 5.41) is 0. The molecule has 336 valence electrons. The third-order valence-electron chi connectivity index (χ3n) is 18.6. The monoisotopic (exact) mass is 801 g/mol. The fourth-order valence-corrected chi connectivity index (χ4v) is 10.7. The molecule has 0 radical (unpaired) electrons.